The fourth-order valence-electron chi connectivity index (χ4n) is 6.41. The molecule has 0 fully saturated rings. The Labute approximate surface area is 311 Å². The Hall–Kier alpha value is -1.62. The molecular formula is C45H84O5. The van der Waals surface area contributed by atoms with Crippen LogP contribution in [0.15, 0.2) is 24.3 Å². The van der Waals surface area contributed by atoms with E-state index in [0.717, 1.165) is 44.9 Å². The van der Waals surface area contributed by atoms with Crippen molar-refractivity contribution < 1.29 is 24.2 Å². The molecule has 0 rings (SSSR count). The van der Waals surface area contributed by atoms with Crippen LogP contribution in [0.3, 0.4) is 0 Å². The lowest BCUT2D eigenvalue weighted by atomic mass is 10.0. The van der Waals surface area contributed by atoms with Crippen molar-refractivity contribution in [1.82, 2.24) is 0 Å². The molecular weight excluding hydrogens is 620 g/mol. The van der Waals surface area contributed by atoms with Crippen LogP contribution in [0.1, 0.15) is 232 Å². The number of hydrogen-bond donors (Lipinski definition) is 1. The summed E-state index contributed by atoms with van der Waals surface area (Å²) in [5.74, 6) is -0.589. The second-order valence-electron chi connectivity index (χ2n) is 14.8. The summed E-state index contributed by atoms with van der Waals surface area (Å²) in [6, 6.07) is 0. The average Bonchev–Trinajstić information content (AvgIpc) is 3.12. The highest BCUT2D eigenvalue weighted by molar-refractivity contribution is 5.70. The number of ether oxygens (including phenoxy) is 2. The van der Waals surface area contributed by atoms with Crippen molar-refractivity contribution in [1.29, 1.82) is 0 Å². The molecule has 0 aromatic carbocycles. The Morgan fingerprint density at radius 3 is 1.18 bits per heavy atom. The third-order valence-corrected chi connectivity index (χ3v) is 9.75. The second-order valence-corrected chi connectivity index (χ2v) is 14.8. The highest BCUT2D eigenvalue weighted by Gasteiger charge is 2.16. The zero-order valence-electron chi connectivity index (χ0n) is 33.4. The third-order valence-electron chi connectivity index (χ3n) is 9.75. The van der Waals surface area contributed by atoms with Crippen LogP contribution in [0.4, 0.5) is 0 Å². The van der Waals surface area contributed by atoms with Crippen LogP contribution in [0, 0.1) is 0 Å². The molecule has 0 saturated carbocycles. The zero-order chi connectivity index (χ0) is 36.4. The van der Waals surface area contributed by atoms with Crippen molar-refractivity contribution in [3.8, 4) is 0 Å². The maximum Gasteiger partial charge on any atom is 0.306 e. The smallest absolute Gasteiger partial charge is 0.306 e. The molecule has 0 aromatic heterocycles. The predicted molar refractivity (Wildman–Crippen MR) is 215 cm³/mol. The van der Waals surface area contributed by atoms with Gasteiger partial charge in [-0.25, -0.2) is 0 Å². The molecule has 0 spiro atoms. The molecule has 0 heterocycles. The van der Waals surface area contributed by atoms with Crippen LogP contribution in [0.25, 0.3) is 0 Å². The van der Waals surface area contributed by atoms with E-state index in [9.17, 15) is 14.7 Å². The molecule has 5 nitrogen and oxygen atoms in total. The average molecular weight is 705 g/mol. The van der Waals surface area contributed by atoms with E-state index in [4.69, 9.17) is 9.47 Å². The minimum atomic E-state index is -0.763. The van der Waals surface area contributed by atoms with E-state index >= 15 is 0 Å². The number of allylic oxidation sites excluding steroid dienone is 4. The molecule has 0 aliphatic carbocycles. The summed E-state index contributed by atoms with van der Waals surface area (Å²) in [6.07, 6.45) is 50.0. The van der Waals surface area contributed by atoms with E-state index in [2.05, 4.69) is 38.2 Å². The van der Waals surface area contributed by atoms with Gasteiger partial charge >= 0.3 is 11.9 Å². The van der Waals surface area contributed by atoms with Crippen LogP contribution in [-0.2, 0) is 19.1 Å². The predicted octanol–water partition coefficient (Wildman–Crippen LogP) is 13.8. The van der Waals surface area contributed by atoms with Gasteiger partial charge in [0, 0.05) is 12.8 Å². The largest absolute Gasteiger partial charge is 0.462 e. The molecule has 1 unspecified atom stereocenters. The summed E-state index contributed by atoms with van der Waals surface area (Å²) in [7, 11) is 0. The molecule has 0 aliphatic heterocycles. The molecule has 0 bridgehead atoms. The van der Waals surface area contributed by atoms with E-state index in [1.54, 1.807) is 0 Å². The Kier molecular flexibility index (Phi) is 40.4. The van der Waals surface area contributed by atoms with Gasteiger partial charge in [-0.05, 0) is 44.9 Å². The number of carbonyl (C=O) groups is 2. The molecule has 1 N–H and O–H groups in total. The minimum Gasteiger partial charge on any atom is -0.462 e. The number of unbranched alkanes of at least 4 members (excludes halogenated alkanes) is 28. The van der Waals surface area contributed by atoms with Gasteiger partial charge in [0.2, 0.25) is 0 Å². The number of aliphatic hydroxyl groups excluding tert-OH is 1. The van der Waals surface area contributed by atoms with Crippen molar-refractivity contribution >= 4 is 11.9 Å². The van der Waals surface area contributed by atoms with Gasteiger partial charge in [-0.3, -0.25) is 9.59 Å². The van der Waals surface area contributed by atoms with Crippen molar-refractivity contribution in [2.24, 2.45) is 0 Å². The van der Waals surface area contributed by atoms with Gasteiger partial charge in [0.05, 0.1) is 6.61 Å². The first-order valence-electron chi connectivity index (χ1n) is 21.9. The molecule has 0 amide bonds. The van der Waals surface area contributed by atoms with Crippen molar-refractivity contribution in [2.45, 2.75) is 238 Å². The van der Waals surface area contributed by atoms with E-state index in [-0.39, 0.29) is 25.2 Å². The Balaban J connectivity index is 3.40. The normalized spacial score (nSPS) is 12.3. The van der Waals surface area contributed by atoms with Gasteiger partial charge in [-0.1, -0.05) is 199 Å². The van der Waals surface area contributed by atoms with Gasteiger partial charge in [0.25, 0.3) is 0 Å². The molecule has 0 aliphatic rings. The molecule has 0 saturated heterocycles. The van der Waals surface area contributed by atoms with Crippen molar-refractivity contribution in [3.63, 3.8) is 0 Å². The number of esters is 2. The van der Waals surface area contributed by atoms with E-state index in [1.807, 2.05) is 0 Å². The molecule has 0 aromatic rings. The zero-order valence-corrected chi connectivity index (χ0v) is 33.4. The van der Waals surface area contributed by atoms with Crippen molar-refractivity contribution in [2.75, 3.05) is 13.2 Å². The summed E-state index contributed by atoms with van der Waals surface area (Å²) in [5.41, 5.74) is 0. The monoisotopic (exact) mass is 705 g/mol. The SMILES string of the molecule is CCCCCCC/C=C\C/C=C\CCCCCCCCCCCCCCCCCCCC(=O)OC(CO)COC(=O)CCCCCCCCC. The highest BCUT2D eigenvalue weighted by Crippen LogP contribution is 2.15. The molecule has 294 valence electrons. The lowest BCUT2D eigenvalue weighted by Crippen LogP contribution is -2.28. The summed E-state index contributed by atoms with van der Waals surface area (Å²) in [6.45, 7) is 4.09. The summed E-state index contributed by atoms with van der Waals surface area (Å²) in [5, 5.41) is 9.51. The summed E-state index contributed by atoms with van der Waals surface area (Å²) < 4.78 is 10.6. The first kappa shape index (κ1) is 48.4. The third kappa shape index (κ3) is 39.2. The lowest BCUT2D eigenvalue weighted by Gasteiger charge is -2.15. The van der Waals surface area contributed by atoms with Crippen LogP contribution < -0.4 is 0 Å². The van der Waals surface area contributed by atoms with Gasteiger partial charge < -0.3 is 14.6 Å². The standard InChI is InChI=1S/C45H84O5/c1-3-5-7-9-11-12-13-14-15-16-17-18-19-20-21-22-23-24-25-26-27-28-29-30-31-32-34-36-38-40-45(48)50-43(41-46)42-49-44(47)39-37-35-33-10-8-6-4-2/h13-14,16-17,43,46H,3-12,15,18-42H2,1-2H3/b14-13-,17-16-. The van der Waals surface area contributed by atoms with Gasteiger partial charge in [0.1, 0.15) is 6.61 Å². The van der Waals surface area contributed by atoms with Gasteiger partial charge in [-0.2, -0.15) is 0 Å². The first-order chi connectivity index (χ1) is 24.6. The van der Waals surface area contributed by atoms with Crippen LogP contribution >= 0.6 is 0 Å². The fourth-order valence-corrected chi connectivity index (χ4v) is 6.41. The maximum absolute atomic E-state index is 12.2. The number of rotatable bonds is 40. The quantitative estimate of drug-likeness (QED) is 0.0390. The number of carbonyl (C=O) groups excluding carboxylic acids is 2. The highest BCUT2D eigenvalue weighted by atomic mass is 16.6. The van der Waals surface area contributed by atoms with E-state index in [1.165, 1.54) is 161 Å². The lowest BCUT2D eigenvalue weighted by molar-refractivity contribution is -0.161. The Morgan fingerprint density at radius 1 is 0.460 bits per heavy atom. The molecule has 50 heavy (non-hydrogen) atoms. The van der Waals surface area contributed by atoms with Crippen LogP contribution in [0.2, 0.25) is 0 Å². The number of hydrogen-bond acceptors (Lipinski definition) is 5. The number of aliphatic hydroxyl groups is 1. The van der Waals surface area contributed by atoms with Gasteiger partial charge in [-0.15, -0.1) is 0 Å². The second kappa shape index (κ2) is 41.8. The summed E-state index contributed by atoms with van der Waals surface area (Å²) >= 11 is 0. The first-order valence-corrected chi connectivity index (χ1v) is 21.9. The fraction of sp³-hybridized carbons (Fsp3) is 0.867. The summed E-state index contributed by atoms with van der Waals surface area (Å²) in [4.78, 5) is 24.1. The van der Waals surface area contributed by atoms with Crippen LogP contribution in [-0.4, -0.2) is 36.4 Å². The molecule has 0 radical (unpaired) electrons. The Bertz CT molecular complexity index is 761. The topological polar surface area (TPSA) is 72.8 Å². The van der Waals surface area contributed by atoms with E-state index < -0.39 is 6.10 Å². The van der Waals surface area contributed by atoms with Gasteiger partial charge in [0.15, 0.2) is 6.10 Å². The van der Waals surface area contributed by atoms with Crippen LogP contribution in [0.5, 0.6) is 0 Å². The van der Waals surface area contributed by atoms with Crippen molar-refractivity contribution in [3.05, 3.63) is 24.3 Å². The maximum atomic E-state index is 12.2. The molecule has 5 heteroatoms. The molecule has 1 atom stereocenters. The minimum absolute atomic E-state index is 0.0614. The Morgan fingerprint density at radius 2 is 0.800 bits per heavy atom. The van der Waals surface area contributed by atoms with E-state index in [0.29, 0.717) is 12.8 Å².